The molecule has 0 bridgehead atoms. The summed E-state index contributed by atoms with van der Waals surface area (Å²) in [4.78, 5) is 26.3. The fourth-order valence-electron chi connectivity index (χ4n) is 2.59. The van der Waals surface area contributed by atoms with Crippen LogP contribution in [0.15, 0.2) is 23.0 Å². The van der Waals surface area contributed by atoms with Gasteiger partial charge >= 0.3 is 6.03 Å². The Bertz CT molecular complexity index is 723. The summed E-state index contributed by atoms with van der Waals surface area (Å²) in [6.07, 6.45) is 3.26. The Balaban J connectivity index is 1.64. The number of anilines is 2. The van der Waals surface area contributed by atoms with Crippen molar-refractivity contribution in [1.29, 1.82) is 0 Å². The summed E-state index contributed by atoms with van der Waals surface area (Å²) < 4.78 is 1.66. The van der Waals surface area contributed by atoms with Crippen molar-refractivity contribution in [3.8, 4) is 0 Å². The van der Waals surface area contributed by atoms with Gasteiger partial charge in [0, 0.05) is 31.2 Å². The highest BCUT2D eigenvalue weighted by Crippen LogP contribution is 2.21. The maximum atomic E-state index is 12.6. The third kappa shape index (κ3) is 3.37. The van der Waals surface area contributed by atoms with Crippen molar-refractivity contribution in [3.63, 3.8) is 0 Å². The number of nitrogens with zero attached hydrogens (tertiary/aromatic N) is 3. The fourth-order valence-corrected chi connectivity index (χ4v) is 3.37. The van der Waals surface area contributed by atoms with Crippen molar-refractivity contribution >= 4 is 34.8 Å². The number of aromatic nitrogens is 2. The van der Waals surface area contributed by atoms with Crippen LogP contribution < -0.4 is 15.5 Å². The van der Waals surface area contributed by atoms with E-state index in [0.29, 0.717) is 18.8 Å². The molecule has 122 valence electrons. The lowest BCUT2D eigenvalue weighted by Crippen LogP contribution is -2.53. The summed E-state index contributed by atoms with van der Waals surface area (Å²) in [5.74, 6) is 0.505. The van der Waals surface area contributed by atoms with Gasteiger partial charge in [-0.15, -0.1) is 11.3 Å². The van der Waals surface area contributed by atoms with Gasteiger partial charge in [-0.05, 0) is 30.7 Å². The van der Waals surface area contributed by atoms with E-state index < -0.39 is 6.04 Å². The van der Waals surface area contributed by atoms with Crippen molar-refractivity contribution in [3.05, 3.63) is 28.6 Å². The third-order valence-corrected chi connectivity index (χ3v) is 4.69. The Morgan fingerprint density at radius 1 is 1.43 bits per heavy atom. The van der Waals surface area contributed by atoms with E-state index in [1.54, 1.807) is 21.8 Å². The molecular weight excluding hydrogens is 314 g/mol. The first-order valence-electron chi connectivity index (χ1n) is 7.46. The normalized spacial score (nSPS) is 18.1. The van der Waals surface area contributed by atoms with E-state index in [0.717, 1.165) is 17.7 Å². The zero-order valence-corrected chi connectivity index (χ0v) is 13.9. The Morgan fingerprint density at radius 2 is 2.26 bits per heavy atom. The van der Waals surface area contributed by atoms with Crippen LogP contribution in [0.3, 0.4) is 0 Å². The second kappa shape index (κ2) is 6.41. The van der Waals surface area contributed by atoms with Crippen LogP contribution in [0.5, 0.6) is 0 Å². The standard InChI is InChI=1S/C15H19N5O2S/c1-10-8-23-9-12(10)17-15(22)16-11-4-3-6-20(14(11)21)13-5-7-19(2)18-13/h5,7-9,11H,3-4,6H2,1-2H3,(H2,16,17,22). The average Bonchev–Trinajstić information content (AvgIpc) is 3.11. The van der Waals surface area contributed by atoms with Gasteiger partial charge in [0.2, 0.25) is 0 Å². The summed E-state index contributed by atoms with van der Waals surface area (Å²) >= 11 is 1.53. The molecule has 1 aliphatic rings. The molecule has 0 radical (unpaired) electrons. The van der Waals surface area contributed by atoms with Gasteiger partial charge in [-0.2, -0.15) is 5.10 Å². The minimum atomic E-state index is -0.523. The highest BCUT2D eigenvalue weighted by atomic mass is 32.1. The molecule has 2 aromatic rings. The van der Waals surface area contributed by atoms with Crippen LogP contribution in [0.2, 0.25) is 0 Å². The Morgan fingerprint density at radius 3 is 2.91 bits per heavy atom. The number of aryl methyl sites for hydroxylation is 2. The molecule has 23 heavy (non-hydrogen) atoms. The van der Waals surface area contributed by atoms with Crippen LogP contribution in [0.1, 0.15) is 18.4 Å². The number of urea groups is 1. The third-order valence-electron chi connectivity index (χ3n) is 3.82. The fraction of sp³-hybridized carbons (Fsp3) is 0.400. The lowest BCUT2D eigenvalue weighted by atomic mass is 10.1. The zero-order chi connectivity index (χ0) is 16.4. The molecule has 8 heteroatoms. The Labute approximate surface area is 138 Å². The van der Waals surface area contributed by atoms with E-state index in [1.165, 1.54) is 11.3 Å². The molecule has 3 amide bonds. The first-order valence-corrected chi connectivity index (χ1v) is 8.40. The number of carbonyl (C=O) groups is 2. The van der Waals surface area contributed by atoms with Crippen molar-refractivity contribution in [1.82, 2.24) is 15.1 Å². The number of thiophene rings is 1. The van der Waals surface area contributed by atoms with Crippen molar-refractivity contribution < 1.29 is 9.59 Å². The topological polar surface area (TPSA) is 79.3 Å². The van der Waals surface area contributed by atoms with Gasteiger partial charge < -0.3 is 10.6 Å². The Kier molecular flexibility index (Phi) is 4.33. The number of nitrogens with one attached hydrogen (secondary N) is 2. The summed E-state index contributed by atoms with van der Waals surface area (Å²) in [5, 5.41) is 13.7. The molecule has 1 fully saturated rings. The molecule has 0 spiro atoms. The molecule has 2 aromatic heterocycles. The molecular formula is C15H19N5O2S. The van der Waals surface area contributed by atoms with Crippen LogP contribution >= 0.6 is 11.3 Å². The predicted octanol–water partition coefficient (Wildman–Crippen LogP) is 2.11. The van der Waals surface area contributed by atoms with Crippen molar-refractivity contribution in [2.75, 3.05) is 16.8 Å². The largest absolute Gasteiger partial charge is 0.326 e. The second-order valence-corrected chi connectivity index (χ2v) is 6.34. The molecule has 0 saturated carbocycles. The van der Waals surface area contributed by atoms with E-state index in [4.69, 9.17) is 0 Å². The SMILES string of the molecule is Cc1cscc1NC(=O)NC1CCCN(c2ccn(C)n2)C1=O. The van der Waals surface area contributed by atoms with E-state index in [-0.39, 0.29) is 11.9 Å². The van der Waals surface area contributed by atoms with Gasteiger partial charge in [-0.3, -0.25) is 14.4 Å². The number of hydrogen-bond donors (Lipinski definition) is 2. The van der Waals surface area contributed by atoms with Crippen molar-refractivity contribution in [2.24, 2.45) is 7.05 Å². The number of piperidine rings is 1. The molecule has 7 nitrogen and oxygen atoms in total. The lowest BCUT2D eigenvalue weighted by Gasteiger charge is -2.31. The van der Waals surface area contributed by atoms with E-state index >= 15 is 0 Å². The maximum absolute atomic E-state index is 12.6. The minimum Gasteiger partial charge on any atom is -0.326 e. The molecule has 0 aliphatic carbocycles. The van der Waals surface area contributed by atoms with Gasteiger partial charge in [-0.25, -0.2) is 4.79 Å². The molecule has 3 heterocycles. The van der Waals surface area contributed by atoms with Gasteiger partial charge in [-0.1, -0.05) is 0 Å². The lowest BCUT2D eigenvalue weighted by molar-refractivity contribution is -0.121. The quantitative estimate of drug-likeness (QED) is 0.903. The van der Waals surface area contributed by atoms with Crippen LogP contribution in [0.4, 0.5) is 16.3 Å². The van der Waals surface area contributed by atoms with E-state index in [1.807, 2.05) is 24.7 Å². The molecule has 1 unspecified atom stereocenters. The number of carbonyl (C=O) groups excluding carboxylic acids is 2. The van der Waals surface area contributed by atoms with Gasteiger partial charge in [0.05, 0.1) is 5.69 Å². The predicted molar refractivity (Wildman–Crippen MR) is 89.8 cm³/mol. The van der Waals surface area contributed by atoms with Gasteiger partial charge in [0.15, 0.2) is 5.82 Å². The average molecular weight is 333 g/mol. The number of amides is 3. The van der Waals surface area contributed by atoms with Crippen LogP contribution in [0.25, 0.3) is 0 Å². The summed E-state index contributed by atoms with van der Waals surface area (Å²) in [6.45, 7) is 2.56. The maximum Gasteiger partial charge on any atom is 0.319 e. The highest BCUT2D eigenvalue weighted by Gasteiger charge is 2.31. The second-order valence-electron chi connectivity index (χ2n) is 5.60. The van der Waals surface area contributed by atoms with Crippen LogP contribution in [-0.2, 0) is 11.8 Å². The van der Waals surface area contributed by atoms with Gasteiger partial charge in [0.25, 0.3) is 5.91 Å². The molecule has 2 N–H and O–H groups in total. The smallest absolute Gasteiger partial charge is 0.319 e. The van der Waals surface area contributed by atoms with Crippen LogP contribution in [-0.4, -0.2) is 34.3 Å². The molecule has 1 atom stereocenters. The first kappa shape index (κ1) is 15.5. The highest BCUT2D eigenvalue weighted by molar-refractivity contribution is 7.08. The summed E-state index contributed by atoms with van der Waals surface area (Å²) in [6, 6.07) is 0.923. The summed E-state index contributed by atoms with van der Waals surface area (Å²) in [5.41, 5.74) is 1.78. The molecule has 1 saturated heterocycles. The minimum absolute atomic E-state index is 0.118. The number of rotatable bonds is 3. The summed E-state index contributed by atoms with van der Waals surface area (Å²) in [7, 11) is 1.81. The molecule has 0 aromatic carbocycles. The molecule has 1 aliphatic heterocycles. The van der Waals surface area contributed by atoms with Gasteiger partial charge in [0.1, 0.15) is 6.04 Å². The number of hydrogen-bond acceptors (Lipinski definition) is 4. The monoisotopic (exact) mass is 333 g/mol. The van der Waals surface area contributed by atoms with Crippen LogP contribution in [0, 0.1) is 6.92 Å². The van der Waals surface area contributed by atoms with Crippen molar-refractivity contribution in [2.45, 2.75) is 25.8 Å². The Hall–Kier alpha value is -2.35. The van der Waals surface area contributed by atoms with E-state index in [2.05, 4.69) is 15.7 Å². The zero-order valence-electron chi connectivity index (χ0n) is 13.1. The molecule has 3 rings (SSSR count). The first-order chi connectivity index (χ1) is 11.0. The van der Waals surface area contributed by atoms with E-state index in [9.17, 15) is 9.59 Å².